The van der Waals surface area contributed by atoms with Gasteiger partial charge in [0.05, 0.1) is 17.4 Å². The number of hydrogen-bond acceptors (Lipinski definition) is 6. The summed E-state index contributed by atoms with van der Waals surface area (Å²) in [5, 5.41) is 11.9. The van der Waals surface area contributed by atoms with Crippen LogP contribution in [-0.2, 0) is 12.8 Å². The third-order valence-electron chi connectivity index (χ3n) is 4.63. The zero-order valence-corrected chi connectivity index (χ0v) is 14.9. The van der Waals surface area contributed by atoms with Crippen molar-refractivity contribution < 1.29 is 4.42 Å². The van der Waals surface area contributed by atoms with Gasteiger partial charge >= 0.3 is 0 Å². The van der Waals surface area contributed by atoms with Crippen molar-refractivity contribution in [1.29, 1.82) is 0 Å². The van der Waals surface area contributed by atoms with E-state index in [-0.39, 0.29) is 6.04 Å². The van der Waals surface area contributed by atoms with Crippen LogP contribution < -0.4 is 5.32 Å². The molecule has 0 aliphatic carbocycles. The molecule has 0 saturated carbocycles. The maximum absolute atomic E-state index is 5.89. The van der Waals surface area contributed by atoms with Crippen molar-refractivity contribution >= 4 is 5.95 Å². The molecule has 1 aliphatic heterocycles. The molecule has 0 amide bonds. The summed E-state index contributed by atoms with van der Waals surface area (Å²) in [6.07, 6.45) is 4.24. The van der Waals surface area contributed by atoms with Gasteiger partial charge < -0.3 is 9.73 Å². The van der Waals surface area contributed by atoms with Crippen LogP contribution in [0.1, 0.15) is 55.6 Å². The molecule has 130 valence electrons. The molecule has 1 unspecified atom stereocenters. The molecule has 1 atom stereocenters. The minimum atomic E-state index is 0.209. The Bertz CT molecular complexity index is 663. The fourth-order valence-electron chi connectivity index (χ4n) is 3.30. The number of hydrogen-bond donors (Lipinski definition) is 1. The molecule has 24 heavy (non-hydrogen) atoms. The van der Waals surface area contributed by atoms with Crippen LogP contribution in [0.3, 0.4) is 0 Å². The molecular weight excluding hydrogens is 302 g/mol. The molecule has 3 rings (SSSR count). The van der Waals surface area contributed by atoms with E-state index in [2.05, 4.69) is 45.3 Å². The van der Waals surface area contributed by atoms with Gasteiger partial charge in [-0.3, -0.25) is 4.90 Å². The van der Waals surface area contributed by atoms with E-state index in [4.69, 9.17) is 4.42 Å². The number of rotatable bonds is 7. The Morgan fingerprint density at radius 1 is 1.12 bits per heavy atom. The lowest BCUT2D eigenvalue weighted by molar-refractivity contribution is 0.223. The van der Waals surface area contributed by atoms with E-state index in [0.717, 1.165) is 55.4 Å². The zero-order chi connectivity index (χ0) is 16.9. The molecule has 6 nitrogen and oxygen atoms in total. The van der Waals surface area contributed by atoms with Crippen molar-refractivity contribution in [3.8, 4) is 0 Å². The summed E-state index contributed by atoms with van der Waals surface area (Å²) < 4.78 is 5.89. The van der Waals surface area contributed by atoms with Gasteiger partial charge in [0, 0.05) is 6.54 Å². The molecule has 0 spiro atoms. The second kappa shape index (κ2) is 7.75. The van der Waals surface area contributed by atoms with Crippen molar-refractivity contribution in [1.82, 2.24) is 20.1 Å². The number of aryl methyl sites for hydroxylation is 3. The van der Waals surface area contributed by atoms with Gasteiger partial charge in [0.2, 0.25) is 5.95 Å². The molecule has 0 radical (unpaired) electrons. The van der Waals surface area contributed by atoms with E-state index in [1.807, 2.05) is 13.0 Å². The number of nitrogens with one attached hydrogen (secondary N) is 1. The van der Waals surface area contributed by atoms with Gasteiger partial charge in [-0.05, 0) is 57.8 Å². The standard InChI is InChI=1S/C18H27N5O/c1-4-14-15(5-2)21-22-18(20-14)19-12-16(23-10-6-7-11-23)17-9-8-13(3)24-17/h8-9,16H,4-7,10-12H2,1-3H3,(H,19,20,22). The Balaban J connectivity index is 1.73. The van der Waals surface area contributed by atoms with Gasteiger partial charge in [-0.15, -0.1) is 5.10 Å². The normalized spacial score (nSPS) is 16.5. The van der Waals surface area contributed by atoms with Crippen LogP contribution in [0.4, 0.5) is 5.95 Å². The first kappa shape index (κ1) is 16.9. The number of likely N-dealkylation sites (tertiary alicyclic amines) is 1. The zero-order valence-electron chi connectivity index (χ0n) is 14.9. The molecule has 1 saturated heterocycles. The fraction of sp³-hybridized carbons (Fsp3) is 0.611. The molecule has 3 heterocycles. The van der Waals surface area contributed by atoms with Gasteiger partial charge in [-0.2, -0.15) is 5.10 Å². The van der Waals surface area contributed by atoms with Crippen molar-refractivity contribution in [3.05, 3.63) is 35.0 Å². The summed E-state index contributed by atoms with van der Waals surface area (Å²) in [7, 11) is 0. The summed E-state index contributed by atoms with van der Waals surface area (Å²) in [5.41, 5.74) is 2.02. The lowest BCUT2D eigenvalue weighted by Crippen LogP contribution is -2.31. The predicted molar refractivity (Wildman–Crippen MR) is 94.1 cm³/mol. The second-order valence-corrected chi connectivity index (χ2v) is 6.32. The van der Waals surface area contributed by atoms with Crippen LogP contribution in [-0.4, -0.2) is 39.7 Å². The second-order valence-electron chi connectivity index (χ2n) is 6.32. The highest BCUT2D eigenvalue weighted by Crippen LogP contribution is 2.26. The third kappa shape index (κ3) is 3.75. The lowest BCUT2D eigenvalue weighted by atomic mass is 10.2. The SMILES string of the molecule is CCc1nnc(NCC(c2ccc(C)o2)N2CCCC2)nc1CC. The molecule has 6 heteroatoms. The smallest absolute Gasteiger partial charge is 0.243 e. The van der Waals surface area contributed by atoms with E-state index < -0.39 is 0 Å². The molecule has 0 aromatic carbocycles. The number of nitrogens with zero attached hydrogens (tertiary/aromatic N) is 4. The fourth-order valence-corrected chi connectivity index (χ4v) is 3.30. The first-order valence-electron chi connectivity index (χ1n) is 8.98. The number of furan rings is 1. The van der Waals surface area contributed by atoms with Crippen molar-refractivity contribution in [3.63, 3.8) is 0 Å². The number of anilines is 1. The van der Waals surface area contributed by atoms with Gasteiger partial charge in [0.15, 0.2) is 0 Å². The highest BCUT2D eigenvalue weighted by atomic mass is 16.3. The molecule has 2 aromatic heterocycles. The van der Waals surface area contributed by atoms with E-state index in [1.165, 1.54) is 12.8 Å². The van der Waals surface area contributed by atoms with Crippen molar-refractivity contribution in [2.75, 3.05) is 25.0 Å². The first-order chi connectivity index (χ1) is 11.7. The topological polar surface area (TPSA) is 67.1 Å². The summed E-state index contributed by atoms with van der Waals surface area (Å²) in [6, 6.07) is 4.32. The lowest BCUT2D eigenvalue weighted by Gasteiger charge is -2.26. The predicted octanol–water partition coefficient (Wildman–Crippen LogP) is 3.15. The van der Waals surface area contributed by atoms with Gasteiger partial charge in [-0.1, -0.05) is 13.8 Å². The van der Waals surface area contributed by atoms with Crippen LogP contribution in [0.2, 0.25) is 0 Å². The monoisotopic (exact) mass is 329 g/mol. The minimum Gasteiger partial charge on any atom is -0.465 e. The van der Waals surface area contributed by atoms with Crippen LogP contribution in [0.15, 0.2) is 16.5 Å². The van der Waals surface area contributed by atoms with E-state index in [0.29, 0.717) is 5.95 Å². The summed E-state index contributed by atoms with van der Waals surface area (Å²) in [4.78, 5) is 7.10. The first-order valence-corrected chi connectivity index (χ1v) is 8.98. The van der Waals surface area contributed by atoms with Crippen LogP contribution in [0, 0.1) is 6.92 Å². The third-order valence-corrected chi connectivity index (χ3v) is 4.63. The minimum absolute atomic E-state index is 0.209. The van der Waals surface area contributed by atoms with E-state index in [9.17, 15) is 0 Å². The van der Waals surface area contributed by atoms with Crippen molar-refractivity contribution in [2.45, 2.75) is 52.5 Å². The van der Waals surface area contributed by atoms with E-state index >= 15 is 0 Å². The highest BCUT2D eigenvalue weighted by Gasteiger charge is 2.26. The molecule has 1 aliphatic rings. The highest BCUT2D eigenvalue weighted by molar-refractivity contribution is 5.27. The quantitative estimate of drug-likeness (QED) is 0.842. The van der Waals surface area contributed by atoms with Crippen LogP contribution >= 0.6 is 0 Å². The Morgan fingerprint density at radius 2 is 1.88 bits per heavy atom. The molecular formula is C18H27N5O. The Labute approximate surface area is 143 Å². The van der Waals surface area contributed by atoms with Gasteiger partial charge in [-0.25, -0.2) is 4.98 Å². The van der Waals surface area contributed by atoms with Crippen LogP contribution in [0.25, 0.3) is 0 Å². The van der Waals surface area contributed by atoms with Crippen molar-refractivity contribution in [2.24, 2.45) is 0 Å². The summed E-state index contributed by atoms with van der Waals surface area (Å²) in [5.74, 6) is 2.57. The van der Waals surface area contributed by atoms with Gasteiger partial charge in [0.1, 0.15) is 11.5 Å². The summed E-state index contributed by atoms with van der Waals surface area (Å²) >= 11 is 0. The van der Waals surface area contributed by atoms with E-state index in [1.54, 1.807) is 0 Å². The molecule has 1 fully saturated rings. The molecule has 2 aromatic rings. The Morgan fingerprint density at radius 3 is 2.50 bits per heavy atom. The largest absolute Gasteiger partial charge is 0.465 e. The number of aromatic nitrogens is 3. The Hall–Kier alpha value is -1.95. The van der Waals surface area contributed by atoms with Crippen LogP contribution in [0.5, 0.6) is 0 Å². The maximum atomic E-state index is 5.89. The maximum Gasteiger partial charge on any atom is 0.243 e. The average molecular weight is 329 g/mol. The van der Waals surface area contributed by atoms with Gasteiger partial charge in [0.25, 0.3) is 0 Å². The average Bonchev–Trinajstić information content (AvgIpc) is 3.27. The summed E-state index contributed by atoms with van der Waals surface area (Å²) in [6.45, 7) is 9.12. The Kier molecular flexibility index (Phi) is 5.45. The molecule has 0 bridgehead atoms. The molecule has 1 N–H and O–H groups in total.